The van der Waals surface area contributed by atoms with E-state index in [1.165, 1.54) is 6.42 Å². The van der Waals surface area contributed by atoms with Gasteiger partial charge in [-0.2, -0.15) is 0 Å². The average Bonchev–Trinajstić information content (AvgIpc) is 2.85. The van der Waals surface area contributed by atoms with Gasteiger partial charge in [0.2, 0.25) is 0 Å². The monoisotopic (exact) mass is 259 g/mol. The SMILES string of the molecule is COc1c(N)cccc1-c1nnnn1C1(C)CCC1. The summed E-state index contributed by atoms with van der Waals surface area (Å²) in [7, 11) is 1.61. The fourth-order valence-corrected chi connectivity index (χ4v) is 2.58. The number of methoxy groups -OCH3 is 1. The molecule has 2 aromatic rings. The van der Waals surface area contributed by atoms with E-state index >= 15 is 0 Å². The summed E-state index contributed by atoms with van der Waals surface area (Å²) in [6.07, 6.45) is 3.40. The van der Waals surface area contributed by atoms with Crippen LogP contribution < -0.4 is 10.5 Å². The average molecular weight is 259 g/mol. The van der Waals surface area contributed by atoms with Crippen LogP contribution in [0.3, 0.4) is 0 Å². The Hall–Kier alpha value is -2.11. The number of nitrogens with zero attached hydrogens (tertiary/aromatic N) is 4. The van der Waals surface area contributed by atoms with Gasteiger partial charge in [-0.15, -0.1) is 5.10 Å². The van der Waals surface area contributed by atoms with Crippen molar-refractivity contribution in [1.82, 2.24) is 20.2 Å². The van der Waals surface area contributed by atoms with Crippen molar-refractivity contribution >= 4 is 5.69 Å². The zero-order valence-electron chi connectivity index (χ0n) is 11.1. The molecule has 19 heavy (non-hydrogen) atoms. The van der Waals surface area contributed by atoms with Crippen LogP contribution in [-0.2, 0) is 5.54 Å². The maximum atomic E-state index is 5.94. The Morgan fingerprint density at radius 1 is 1.37 bits per heavy atom. The second-order valence-corrected chi connectivity index (χ2v) is 5.19. The third kappa shape index (κ3) is 1.75. The molecule has 100 valence electrons. The van der Waals surface area contributed by atoms with Gasteiger partial charge in [0.15, 0.2) is 11.6 Å². The van der Waals surface area contributed by atoms with Crippen LogP contribution in [0.2, 0.25) is 0 Å². The minimum atomic E-state index is 0.00838. The quantitative estimate of drug-likeness (QED) is 0.851. The van der Waals surface area contributed by atoms with Crippen LogP contribution in [0.1, 0.15) is 26.2 Å². The van der Waals surface area contributed by atoms with Gasteiger partial charge in [0.25, 0.3) is 0 Å². The number of tetrazole rings is 1. The summed E-state index contributed by atoms with van der Waals surface area (Å²) in [5.41, 5.74) is 7.37. The first-order valence-corrected chi connectivity index (χ1v) is 6.37. The van der Waals surface area contributed by atoms with Crippen molar-refractivity contribution in [3.63, 3.8) is 0 Å². The molecule has 1 aromatic carbocycles. The fourth-order valence-electron chi connectivity index (χ4n) is 2.58. The van der Waals surface area contributed by atoms with Crippen LogP contribution in [0.25, 0.3) is 11.4 Å². The lowest BCUT2D eigenvalue weighted by Gasteiger charge is -2.38. The van der Waals surface area contributed by atoms with Gasteiger partial charge < -0.3 is 10.5 Å². The first kappa shape index (κ1) is 12.0. The van der Waals surface area contributed by atoms with Crippen molar-refractivity contribution in [3.05, 3.63) is 18.2 Å². The highest BCUT2D eigenvalue weighted by Crippen LogP contribution is 2.42. The van der Waals surface area contributed by atoms with Crippen molar-refractivity contribution in [2.75, 3.05) is 12.8 Å². The number of rotatable bonds is 3. The van der Waals surface area contributed by atoms with Gasteiger partial charge in [-0.1, -0.05) is 6.07 Å². The number of para-hydroxylation sites is 1. The van der Waals surface area contributed by atoms with Gasteiger partial charge in [0, 0.05) is 0 Å². The minimum absolute atomic E-state index is 0.00838. The summed E-state index contributed by atoms with van der Waals surface area (Å²) in [5, 5.41) is 12.1. The van der Waals surface area contributed by atoms with E-state index in [2.05, 4.69) is 22.4 Å². The molecule has 0 bridgehead atoms. The van der Waals surface area contributed by atoms with E-state index in [1.54, 1.807) is 7.11 Å². The molecule has 0 amide bonds. The van der Waals surface area contributed by atoms with Crippen molar-refractivity contribution in [3.8, 4) is 17.1 Å². The Kier molecular flexibility index (Phi) is 2.66. The third-order valence-corrected chi connectivity index (χ3v) is 3.90. The Morgan fingerprint density at radius 2 is 2.16 bits per heavy atom. The Labute approximate surface area is 111 Å². The van der Waals surface area contributed by atoms with Crippen LogP contribution in [0.15, 0.2) is 18.2 Å². The molecule has 1 fully saturated rings. The number of nitrogen functional groups attached to an aromatic ring is 1. The molecule has 3 rings (SSSR count). The first-order valence-electron chi connectivity index (χ1n) is 6.37. The smallest absolute Gasteiger partial charge is 0.186 e. The molecule has 6 nitrogen and oxygen atoms in total. The molecule has 0 atom stereocenters. The van der Waals surface area contributed by atoms with Crippen LogP contribution in [-0.4, -0.2) is 27.3 Å². The van der Waals surface area contributed by atoms with Crippen LogP contribution in [0.5, 0.6) is 5.75 Å². The van der Waals surface area contributed by atoms with E-state index in [4.69, 9.17) is 10.5 Å². The van der Waals surface area contributed by atoms with E-state index in [-0.39, 0.29) is 5.54 Å². The topological polar surface area (TPSA) is 78.8 Å². The molecule has 1 aliphatic rings. The van der Waals surface area contributed by atoms with Gasteiger partial charge in [-0.25, -0.2) is 4.68 Å². The third-order valence-electron chi connectivity index (χ3n) is 3.90. The lowest BCUT2D eigenvalue weighted by molar-refractivity contribution is 0.148. The lowest BCUT2D eigenvalue weighted by atomic mass is 9.78. The molecule has 1 aromatic heterocycles. The predicted octanol–water partition coefficient (Wildman–Crippen LogP) is 1.83. The maximum Gasteiger partial charge on any atom is 0.186 e. The molecular formula is C13H17N5O. The molecule has 1 heterocycles. The highest BCUT2D eigenvalue weighted by Gasteiger charge is 2.37. The predicted molar refractivity (Wildman–Crippen MR) is 71.7 cm³/mol. The molecule has 6 heteroatoms. The van der Waals surface area contributed by atoms with Crippen molar-refractivity contribution < 1.29 is 4.74 Å². The summed E-state index contributed by atoms with van der Waals surface area (Å²) in [5.74, 6) is 1.34. The number of hydrogen-bond acceptors (Lipinski definition) is 5. The van der Waals surface area contributed by atoms with E-state index in [9.17, 15) is 0 Å². The normalized spacial score (nSPS) is 16.9. The van der Waals surface area contributed by atoms with Gasteiger partial charge >= 0.3 is 0 Å². The summed E-state index contributed by atoms with van der Waals surface area (Å²) < 4.78 is 7.28. The second kappa shape index (κ2) is 4.22. The zero-order chi connectivity index (χ0) is 13.5. The molecule has 0 spiro atoms. The molecule has 1 aliphatic carbocycles. The largest absolute Gasteiger partial charge is 0.494 e. The second-order valence-electron chi connectivity index (χ2n) is 5.19. The number of benzene rings is 1. The molecule has 1 saturated carbocycles. The first-order chi connectivity index (χ1) is 9.15. The van der Waals surface area contributed by atoms with E-state index in [1.807, 2.05) is 22.9 Å². The Balaban J connectivity index is 2.13. The summed E-state index contributed by atoms with van der Waals surface area (Å²) >= 11 is 0. The van der Waals surface area contributed by atoms with Crippen molar-refractivity contribution in [1.29, 1.82) is 0 Å². The van der Waals surface area contributed by atoms with E-state index in [0.29, 0.717) is 17.3 Å². The lowest BCUT2D eigenvalue weighted by Crippen LogP contribution is -2.38. The Bertz CT molecular complexity index is 603. The summed E-state index contributed by atoms with van der Waals surface area (Å²) in [4.78, 5) is 0. The standard InChI is InChI=1S/C13H17N5O/c1-13(7-4-8-13)18-12(15-16-17-18)9-5-3-6-10(14)11(9)19-2/h3,5-6H,4,7-8,14H2,1-2H3. The number of anilines is 1. The highest BCUT2D eigenvalue weighted by atomic mass is 16.5. The molecule has 0 saturated heterocycles. The summed E-state index contributed by atoms with van der Waals surface area (Å²) in [6.45, 7) is 2.18. The molecular weight excluding hydrogens is 242 g/mol. The Morgan fingerprint density at radius 3 is 2.79 bits per heavy atom. The number of aromatic nitrogens is 4. The fraction of sp³-hybridized carbons (Fsp3) is 0.462. The van der Waals surface area contributed by atoms with Crippen molar-refractivity contribution in [2.24, 2.45) is 0 Å². The van der Waals surface area contributed by atoms with Gasteiger partial charge in [-0.3, -0.25) is 0 Å². The summed E-state index contributed by atoms with van der Waals surface area (Å²) in [6, 6.07) is 5.62. The van der Waals surface area contributed by atoms with E-state index < -0.39 is 0 Å². The van der Waals surface area contributed by atoms with Gasteiger partial charge in [-0.05, 0) is 48.7 Å². The maximum absolute atomic E-state index is 5.94. The zero-order valence-corrected chi connectivity index (χ0v) is 11.1. The van der Waals surface area contributed by atoms with E-state index in [0.717, 1.165) is 18.4 Å². The van der Waals surface area contributed by atoms with Gasteiger partial charge in [0.1, 0.15) is 0 Å². The molecule has 0 aliphatic heterocycles. The molecule has 0 radical (unpaired) electrons. The van der Waals surface area contributed by atoms with Crippen LogP contribution in [0.4, 0.5) is 5.69 Å². The number of nitrogens with two attached hydrogens (primary N) is 1. The number of ether oxygens (including phenoxy) is 1. The van der Waals surface area contributed by atoms with Crippen LogP contribution >= 0.6 is 0 Å². The highest BCUT2D eigenvalue weighted by molar-refractivity contribution is 5.73. The molecule has 2 N–H and O–H groups in total. The van der Waals surface area contributed by atoms with Gasteiger partial charge in [0.05, 0.1) is 23.9 Å². The number of hydrogen-bond donors (Lipinski definition) is 1. The minimum Gasteiger partial charge on any atom is -0.494 e. The van der Waals surface area contributed by atoms with Crippen molar-refractivity contribution in [2.45, 2.75) is 31.7 Å². The molecule has 0 unspecified atom stereocenters. The van der Waals surface area contributed by atoms with Crippen LogP contribution in [0, 0.1) is 0 Å².